The number of benzene rings is 1. The molecular formula is C17H22N2O. The van der Waals surface area contributed by atoms with E-state index in [1.54, 1.807) is 6.20 Å². The van der Waals surface area contributed by atoms with Gasteiger partial charge >= 0.3 is 0 Å². The minimum absolute atomic E-state index is 0.0266. The summed E-state index contributed by atoms with van der Waals surface area (Å²) in [5, 5.41) is 0. The van der Waals surface area contributed by atoms with Gasteiger partial charge < -0.3 is 10.5 Å². The average molecular weight is 270 g/mol. The molecule has 0 fully saturated rings. The molecule has 0 aliphatic carbocycles. The molecule has 3 heteroatoms. The van der Waals surface area contributed by atoms with Gasteiger partial charge in [0.05, 0.1) is 0 Å². The van der Waals surface area contributed by atoms with Crippen molar-refractivity contribution in [2.24, 2.45) is 5.73 Å². The first-order valence-electron chi connectivity index (χ1n) is 6.86. The van der Waals surface area contributed by atoms with Crippen molar-refractivity contribution >= 4 is 0 Å². The van der Waals surface area contributed by atoms with Gasteiger partial charge in [0.2, 0.25) is 5.88 Å². The van der Waals surface area contributed by atoms with Gasteiger partial charge in [-0.3, -0.25) is 0 Å². The standard InChI is InChI=1S/C17H22N2O/c1-12(18)13-8-9-19-16(10-13)20-15-7-5-6-14(11-15)17(2,3)4/h5-12H,18H2,1-4H3/t12-/m0/s1. The Morgan fingerprint density at radius 2 is 1.90 bits per heavy atom. The monoisotopic (exact) mass is 270 g/mol. The Kier molecular flexibility index (Phi) is 4.09. The third-order valence-electron chi connectivity index (χ3n) is 3.21. The van der Waals surface area contributed by atoms with Crippen molar-refractivity contribution in [2.45, 2.75) is 39.2 Å². The van der Waals surface area contributed by atoms with Crippen LogP contribution in [0.5, 0.6) is 11.6 Å². The highest BCUT2D eigenvalue weighted by Crippen LogP contribution is 2.28. The van der Waals surface area contributed by atoms with Crippen molar-refractivity contribution in [3.8, 4) is 11.6 Å². The van der Waals surface area contributed by atoms with Crippen LogP contribution in [0.4, 0.5) is 0 Å². The molecule has 0 saturated heterocycles. The summed E-state index contributed by atoms with van der Waals surface area (Å²) in [6.45, 7) is 8.49. The molecule has 2 N–H and O–H groups in total. The SMILES string of the molecule is C[C@H](N)c1ccnc(Oc2cccc(C(C)(C)C)c2)c1. The summed E-state index contributed by atoms with van der Waals surface area (Å²) in [5.74, 6) is 1.37. The number of aromatic nitrogens is 1. The van der Waals surface area contributed by atoms with Crippen LogP contribution in [-0.4, -0.2) is 4.98 Å². The molecule has 2 aromatic rings. The van der Waals surface area contributed by atoms with E-state index in [0.29, 0.717) is 5.88 Å². The largest absolute Gasteiger partial charge is 0.439 e. The van der Waals surface area contributed by atoms with E-state index in [1.807, 2.05) is 31.2 Å². The highest BCUT2D eigenvalue weighted by atomic mass is 16.5. The molecule has 0 bridgehead atoms. The maximum atomic E-state index is 5.87. The van der Waals surface area contributed by atoms with E-state index in [1.165, 1.54) is 5.56 Å². The minimum Gasteiger partial charge on any atom is -0.439 e. The highest BCUT2D eigenvalue weighted by Gasteiger charge is 2.14. The lowest BCUT2D eigenvalue weighted by atomic mass is 9.87. The molecular weight excluding hydrogens is 248 g/mol. The number of hydrogen-bond acceptors (Lipinski definition) is 3. The predicted molar refractivity (Wildman–Crippen MR) is 82.1 cm³/mol. The predicted octanol–water partition coefficient (Wildman–Crippen LogP) is 4.19. The normalized spacial score (nSPS) is 13.1. The second-order valence-corrected chi connectivity index (χ2v) is 6.10. The molecule has 3 nitrogen and oxygen atoms in total. The van der Waals surface area contributed by atoms with Crippen molar-refractivity contribution in [2.75, 3.05) is 0 Å². The summed E-state index contributed by atoms with van der Waals surface area (Å²) >= 11 is 0. The van der Waals surface area contributed by atoms with Gasteiger partial charge in [-0.1, -0.05) is 32.9 Å². The van der Waals surface area contributed by atoms with Crippen LogP contribution in [-0.2, 0) is 5.41 Å². The summed E-state index contributed by atoms with van der Waals surface area (Å²) in [4.78, 5) is 4.23. The second-order valence-electron chi connectivity index (χ2n) is 6.10. The quantitative estimate of drug-likeness (QED) is 0.909. The van der Waals surface area contributed by atoms with Gasteiger partial charge in [0.25, 0.3) is 0 Å². The van der Waals surface area contributed by atoms with Crippen LogP contribution in [0.3, 0.4) is 0 Å². The summed E-state index contributed by atoms with van der Waals surface area (Å²) in [6.07, 6.45) is 1.72. The molecule has 1 aromatic heterocycles. The van der Waals surface area contributed by atoms with Crippen LogP contribution in [0.25, 0.3) is 0 Å². The van der Waals surface area contributed by atoms with Gasteiger partial charge in [-0.25, -0.2) is 4.98 Å². The molecule has 20 heavy (non-hydrogen) atoms. The lowest BCUT2D eigenvalue weighted by Crippen LogP contribution is -2.10. The van der Waals surface area contributed by atoms with Gasteiger partial charge in [-0.2, -0.15) is 0 Å². The third kappa shape index (κ3) is 3.58. The fourth-order valence-electron chi connectivity index (χ4n) is 1.91. The van der Waals surface area contributed by atoms with Gasteiger partial charge in [0, 0.05) is 18.3 Å². The van der Waals surface area contributed by atoms with Crippen LogP contribution in [0, 0.1) is 0 Å². The molecule has 1 heterocycles. The average Bonchev–Trinajstić information content (AvgIpc) is 2.38. The number of pyridine rings is 1. The molecule has 0 aliphatic rings. The van der Waals surface area contributed by atoms with E-state index in [2.05, 4.69) is 37.9 Å². The fraction of sp³-hybridized carbons (Fsp3) is 0.353. The lowest BCUT2D eigenvalue weighted by Gasteiger charge is -2.19. The maximum absolute atomic E-state index is 5.87. The van der Waals surface area contributed by atoms with Crippen LogP contribution in [0.2, 0.25) is 0 Å². The Labute approximate surface area is 120 Å². The van der Waals surface area contributed by atoms with E-state index in [4.69, 9.17) is 10.5 Å². The molecule has 0 amide bonds. The molecule has 0 unspecified atom stereocenters. The van der Waals surface area contributed by atoms with E-state index in [9.17, 15) is 0 Å². The molecule has 0 saturated carbocycles. The maximum Gasteiger partial charge on any atom is 0.219 e. The van der Waals surface area contributed by atoms with Crippen LogP contribution in [0.1, 0.15) is 44.9 Å². The van der Waals surface area contributed by atoms with Crippen molar-refractivity contribution in [3.63, 3.8) is 0 Å². The van der Waals surface area contributed by atoms with Gasteiger partial charge in [0.1, 0.15) is 5.75 Å². The smallest absolute Gasteiger partial charge is 0.219 e. The van der Waals surface area contributed by atoms with E-state index >= 15 is 0 Å². The Hall–Kier alpha value is -1.87. The first-order valence-corrected chi connectivity index (χ1v) is 6.86. The summed E-state index contributed by atoms with van der Waals surface area (Å²) in [5.41, 5.74) is 8.22. The first-order chi connectivity index (χ1) is 9.36. The van der Waals surface area contributed by atoms with E-state index in [0.717, 1.165) is 11.3 Å². The van der Waals surface area contributed by atoms with E-state index in [-0.39, 0.29) is 11.5 Å². The van der Waals surface area contributed by atoms with Crippen LogP contribution in [0.15, 0.2) is 42.6 Å². The number of hydrogen-bond donors (Lipinski definition) is 1. The van der Waals surface area contributed by atoms with E-state index < -0.39 is 0 Å². The fourth-order valence-corrected chi connectivity index (χ4v) is 1.91. The molecule has 0 radical (unpaired) electrons. The number of ether oxygens (including phenoxy) is 1. The molecule has 1 atom stereocenters. The van der Waals surface area contributed by atoms with Gasteiger partial charge in [0.15, 0.2) is 0 Å². The Bertz CT molecular complexity index is 586. The second kappa shape index (κ2) is 5.63. The van der Waals surface area contributed by atoms with Crippen molar-refractivity contribution < 1.29 is 4.74 Å². The van der Waals surface area contributed by atoms with Crippen LogP contribution >= 0.6 is 0 Å². The van der Waals surface area contributed by atoms with Crippen molar-refractivity contribution in [1.82, 2.24) is 4.98 Å². The lowest BCUT2D eigenvalue weighted by molar-refractivity contribution is 0.458. The molecule has 106 valence electrons. The molecule has 2 rings (SSSR count). The number of rotatable bonds is 3. The third-order valence-corrected chi connectivity index (χ3v) is 3.21. The zero-order chi connectivity index (χ0) is 14.8. The zero-order valence-corrected chi connectivity index (χ0v) is 12.6. The zero-order valence-electron chi connectivity index (χ0n) is 12.6. The number of nitrogens with two attached hydrogens (primary N) is 1. The summed E-state index contributed by atoms with van der Waals surface area (Å²) in [6, 6.07) is 11.9. The van der Waals surface area contributed by atoms with Crippen molar-refractivity contribution in [3.05, 3.63) is 53.7 Å². The number of nitrogens with zero attached hydrogens (tertiary/aromatic N) is 1. The first kappa shape index (κ1) is 14.5. The Morgan fingerprint density at radius 3 is 2.55 bits per heavy atom. The molecule has 1 aromatic carbocycles. The Morgan fingerprint density at radius 1 is 1.15 bits per heavy atom. The summed E-state index contributed by atoms with van der Waals surface area (Å²) < 4.78 is 5.84. The summed E-state index contributed by atoms with van der Waals surface area (Å²) in [7, 11) is 0. The van der Waals surface area contributed by atoms with Gasteiger partial charge in [-0.05, 0) is 41.7 Å². The molecule has 0 spiro atoms. The minimum atomic E-state index is -0.0266. The van der Waals surface area contributed by atoms with Gasteiger partial charge in [-0.15, -0.1) is 0 Å². The topological polar surface area (TPSA) is 48.1 Å². The highest BCUT2D eigenvalue weighted by molar-refractivity contribution is 5.35. The van der Waals surface area contributed by atoms with Crippen LogP contribution < -0.4 is 10.5 Å². The molecule has 0 aliphatic heterocycles. The Balaban J connectivity index is 2.24. The van der Waals surface area contributed by atoms with Crippen molar-refractivity contribution in [1.29, 1.82) is 0 Å².